The highest BCUT2D eigenvalue weighted by Gasteiger charge is 2.16. The number of nitrogens with one attached hydrogen (secondary N) is 1. The van der Waals surface area contributed by atoms with Crippen molar-refractivity contribution in [2.24, 2.45) is 0 Å². The molecule has 0 saturated carbocycles. The molecule has 0 fully saturated rings. The van der Waals surface area contributed by atoms with Gasteiger partial charge in [0.15, 0.2) is 0 Å². The van der Waals surface area contributed by atoms with E-state index in [4.69, 9.17) is 0 Å². The molecule has 122 valence electrons. The zero-order chi connectivity index (χ0) is 17.3. The molecule has 0 aliphatic rings. The predicted molar refractivity (Wildman–Crippen MR) is 97.8 cm³/mol. The number of rotatable bonds is 3. The van der Waals surface area contributed by atoms with Gasteiger partial charge in [0.25, 0.3) is 5.91 Å². The van der Waals surface area contributed by atoms with E-state index in [1.807, 2.05) is 67.8 Å². The summed E-state index contributed by atoms with van der Waals surface area (Å²) in [6.07, 6.45) is 1.65. The molecule has 24 heavy (non-hydrogen) atoms. The predicted octanol–water partition coefficient (Wildman–Crippen LogP) is 3.89. The molecule has 0 aliphatic carbocycles. The fourth-order valence-corrected chi connectivity index (χ4v) is 2.84. The van der Waals surface area contributed by atoms with Gasteiger partial charge < -0.3 is 9.88 Å². The Morgan fingerprint density at radius 1 is 1.12 bits per heavy atom. The van der Waals surface area contributed by atoms with Crippen LogP contribution >= 0.6 is 0 Å². The van der Waals surface area contributed by atoms with Crippen molar-refractivity contribution in [1.29, 1.82) is 0 Å². The molecule has 1 N–H and O–H groups in total. The van der Waals surface area contributed by atoms with Gasteiger partial charge in [-0.15, -0.1) is 0 Å². The van der Waals surface area contributed by atoms with Crippen LogP contribution in [-0.2, 0) is 6.54 Å². The van der Waals surface area contributed by atoms with Gasteiger partial charge >= 0.3 is 0 Å². The molecule has 1 heterocycles. The average molecular weight is 320 g/mol. The van der Waals surface area contributed by atoms with E-state index < -0.39 is 0 Å². The Kier molecular flexibility index (Phi) is 4.21. The van der Waals surface area contributed by atoms with Crippen molar-refractivity contribution in [1.82, 2.24) is 4.57 Å². The van der Waals surface area contributed by atoms with Crippen molar-refractivity contribution in [2.45, 2.75) is 27.3 Å². The summed E-state index contributed by atoms with van der Waals surface area (Å²) in [5, 5.41) is 3.42. The molecule has 0 aliphatic heterocycles. The number of aryl methyl sites for hydroxylation is 3. The lowest BCUT2D eigenvalue weighted by molar-refractivity contribution is 0.102. The van der Waals surface area contributed by atoms with Crippen molar-refractivity contribution in [3.05, 3.63) is 75.6 Å². The zero-order valence-electron chi connectivity index (χ0n) is 14.1. The fourth-order valence-electron chi connectivity index (χ4n) is 2.84. The summed E-state index contributed by atoms with van der Waals surface area (Å²) in [4.78, 5) is 25.5. The van der Waals surface area contributed by atoms with E-state index in [0.29, 0.717) is 17.6 Å². The summed E-state index contributed by atoms with van der Waals surface area (Å²) in [5.74, 6) is -0.375. The minimum Gasteiger partial charge on any atom is -0.347 e. The molecule has 2 aromatic carbocycles. The molecule has 0 saturated heterocycles. The van der Waals surface area contributed by atoms with Gasteiger partial charge in [-0.1, -0.05) is 29.8 Å². The van der Waals surface area contributed by atoms with Gasteiger partial charge in [0.2, 0.25) is 5.43 Å². The Labute approximate surface area is 140 Å². The lowest BCUT2D eigenvalue weighted by atomic mass is 10.1. The highest BCUT2D eigenvalue weighted by Crippen LogP contribution is 2.17. The van der Waals surface area contributed by atoms with Crippen LogP contribution < -0.4 is 10.7 Å². The number of anilines is 1. The maximum Gasteiger partial charge on any atom is 0.261 e. The van der Waals surface area contributed by atoms with Gasteiger partial charge in [-0.05, 0) is 44.5 Å². The second kappa shape index (κ2) is 6.32. The number of para-hydroxylation sites is 1. The van der Waals surface area contributed by atoms with Crippen LogP contribution in [0.15, 0.2) is 53.5 Å². The third kappa shape index (κ3) is 2.83. The van der Waals surface area contributed by atoms with Gasteiger partial charge in [0.1, 0.15) is 5.56 Å². The van der Waals surface area contributed by atoms with Crippen LogP contribution in [0, 0.1) is 13.8 Å². The van der Waals surface area contributed by atoms with E-state index in [0.717, 1.165) is 16.6 Å². The quantitative estimate of drug-likeness (QED) is 0.796. The Balaban J connectivity index is 2.12. The summed E-state index contributed by atoms with van der Waals surface area (Å²) >= 11 is 0. The van der Waals surface area contributed by atoms with E-state index in [-0.39, 0.29) is 16.9 Å². The molecular formula is C20H20N2O2. The highest BCUT2D eigenvalue weighted by molar-refractivity contribution is 6.06. The number of amides is 1. The molecular weight excluding hydrogens is 300 g/mol. The van der Waals surface area contributed by atoms with Crippen LogP contribution in [0.2, 0.25) is 0 Å². The minimum absolute atomic E-state index is 0.165. The van der Waals surface area contributed by atoms with E-state index in [1.165, 1.54) is 0 Å². The molecule has 4 heteroatoms. The number of fused-ring (bicyclic) bond motifs is 1. The van der Waals surface area contributed by atoms with Crippen LogP contribution in [-0.4, -0.2) is 10.5 Å². The number of carbonyl (C=O) groups is 1. The molecule has 0 bridgehead atoms. The normalized spacial score (nSPS) is 10.8. The lowest BCUT2D eigenvalue weighted by Gasteiger charge is -2.13. The van der Waals surface area contributed by atoms with Crippen LogP contribution in [0.5, 0.6) is 0 Å². The summed E-state index contributed by atoms with van der Waals surface area (Å²) < 4.78 is 1.93. The first-order valence-corrected chi connectivity index (χ1v) is 8.02. The van der Waals surface area contributed by atoms with Crippen molar-refractivity contribution < 1.29 is 4.79 Å². The molecule has 0 unspecified atom stereocenters. The topological polar surface area (TPSA) is 51.1 Å². The third-order valence-corrected chi connectivity index (χ3v) is 4.21. The second-order valence-corrected chi connectivity index (χ2v) is 5.95. The molecule has 3 rings (SSSR count). The first kappa shape index (κ1) is 16.0. The van der Waals surface area contributed by atoms with Crippen molar-refractivity contribution >= 4 is 22.5 Å². The Hall–Kier alpha value is -2.88. The zero-order valence-corrected chi connectivity index (χ0v) is 14.1. The first-order chi connectivity index (χ1) is 11.5. The van der Waals surface area contributed by atoms with Crippen LogP contribution in [0.3, 0.4) is 0 Å². The fraction of sp³-hybridized carbons (Fsp3) is 0.200. The number of pyridine rings is 1. The first-order valence-electron chi connectivity index (χ1n) is 8.02. The summed E-state index contributed by atoms with van der Waals surface area (Å²) in [7, 11) is 0. The number of hydrogen-bond donors (Lipinski definition) is 1. The lowest BCUT2D eigenvalue weighted by Crippen LogP contribution is -2.24. The maximum atomic E-state index is 12.8. The van der Waals surface area contributed by atoms with Gasteiger partial charge in [-0.25, -0.2) is 0 Å². The van der Waals surface area contributed by atoms with E-state index in [2.05, 4.69) is 5.32 Å². The van der Waals surface area contributed by atoms with Crippen LogP contribution in [0.4, 0.5) is 5.69 Å². The number of hydrogen-bond acceptors (Lipinski definition) is 2. The number of nitrogens with zero attached hydrogens (tertiary/aromatic N) is 1. The molecule has 0 radical (unpaired) electrons. The van der Waals surface area contributed by atoms with Gasteiger partial charge in [0.05, 0.1) is 5.52 Å². The number of benzene rings is 2. The van der Waals surface area contributed by atoms with Gasteiger partial charge in [0, 0.05) is 23.8 Å². The third-order valence-electron chi connectivity index (χ3n) is 4.21. The van der Waals surface area contributed by atoms with Crippen LogP contribution in [0.25, 0.3) is 10.9 Å². The molecule has 4 nitrogen and oxygen atoms in total. The maximum absolute atomic E-state index is 12.8. The minimum atomic E-state index is -0.375. The Morgan fingerprint density at radius 2 is 1.88 bits per heavy atom. The molecule has 1 amide bonds. The van der Waals surface area contributed by atoms with E-state index in [1.54, 1.807) is 6.20 Å². The summed E-state index contributed by atoms with van der Waals surface area (Å²) in [6, 6.07) is 13.3. The van der Waals surface area contributed by atoms with E-state index in [9.17, 15) is 9.59 Å². The number of carbonyl (C=O) groups excluding carboxylic acids is 1. The Bertz CT molecular complexity index is 987. The smallest absolute Gasteiger partial charge is 0.261 e. The second-order valence-electron chi connectivity index (χ2n) is 5.95. The van der Waals surface area contributed by atoms with Crippen LogP contribution in [0.1, 0.15) is 28.4 Å². The SMILES string of the molecule is CCn1cc(C(=O)Nc2ccccc2C)c(=O)c2cc(C)ccc21. The monoisotopic (exact) mass is 320 g/mol. The van der Waals surface area contributed by atoms with Gasteiger partial charge in [-0.2, -0.15) is 0 Å². The average Bonchev–Trinajstić information content (AvgIpc) is 2.57. The largest absolute Gasteiger partial charge is 0.347 e. The molecule has 1 aromatic heterocycles. The van der Waals surface area contributed by atoms with E-state index >= 15 is 0 Å². The standard InChI is InChI=1S/C20H20N2O2/c1-4-22-12-16(19(23)15-11-13(2)9-10-18(15)22)20(24)21-17-8-6-5-7-14(17)3/h5-12H,4H2,1-3H3,(H,21,24). The molecule has 3 aromatic rings. The van der Waals surface area contributed by atoms with Gasteiger partial charge in [-0.3, -0.25) is 9.59 Å². The van der Waals surface area contributed by atoms with Crippen molar-refractivity contribution in [3.8, 4) is 0 Å². The summed E-state index contributed by atoms with van der Waals surface area (Å²) in [6.45, 7) is 6.54. The van der Waals surface area contributed by atoms with Crippen molar-refractivity contribution in [3.63, 3.8) is 0 Å². The number of aromatic nitrogens is 1. The molecule has 0 spiro atoms. The highest BCUT2D eigenvalue weighted by atomic mass is 16.2. The summed E-state index contributed by atoms with van der Waals surface area (Å²) in [5.41, 5.74) is 3.45. The molecule has 0 atom stereocenters. The van der Waals surface area contributed by atoms with Crippen molar-refractivity contribution in [2.75, 3.05) is 5.32 Å². The Morgan fingerprint density at radius 3 is 2.58 bits per heavy atom.